The molecule has 0 radical (unpaired) electrons. The largest absolute Gasteiger partial charge is 0.470 e. The van der Waals surface area contributed by atoms with E-state index in [4.69, 9.17) is 21.6 Å². The van der Waals surface area contributed by atoms with Crippen molar-refractivity contribution in [1.29, 1.82) is 5.26 Å². The SMILES string of the molecule is N#CCOc1c(Cl)cc(C=Nn2c(-c3cccc(C(F)(F)F)c3)nc3ccccc3c2=O)cc1[N+](=O)[O-]. The van der Waals surface area contributed by atoms with Gasteiger partial charge < -0.3 is 4.74 Å². The van der Waals surface area contributed by atoms with Crippen LogP contribution in [-0.4, -0.2) is 27.4 Å². The molecule has 0 saturated carbocycles. The first-order valence-corrected chi connectivity index (χ1v) is 10.7. The monoisotopic (exact) mass is 527 g/mol. The summed E-state index contributed by atoms with van der Waals surface area (Å²) in [7, 11) is 0. The van der Waals surface area contributed by atoms with E-state index >= 15 is 0 Å². The smallest absolute Gasteiger partial charge is 0.416 e. The quantitative estimate of drug-likeness (QED) is 0.187. The summed E-state index contributed by atoms with van der Waals surface area (Å²) in [4.78, 5) is 28.3. The summed E-state index contributed by atoms with van der Waals surface area (Å²) < 4.78 is 45.8. The molecule has 0 N–H and O–H groups in total. The third-order valence-corrected chi connectivity index (χ3v) is 5.33. The number of halogens is 4. The summed E-state index contributed by atoms with van der Waals surface area (Å²) in [6, 6.07) is 14.5. The Hall–Kier alpha value is -4.76. The molecule has 186 valence electrons. The van der Waals surface area contributed by atoms with Crippen molar-refractivity contribution in [2.24, 2.45) is 5.10 Å². The molecule has 0 amide bonds. The number of alkyl halides is 3. The molecule has 0 bridgehead atoms. The van der Waals surface area contributed by atoms with E-state index in [2.05, 4.69) is 10.1 Å². The molecule has 0 spiro atoms. The molecule has 0 aliphatic carbocycles. The van der Waals surface area contributed by atoms with Crippen LogP contribution in [0.4, 0.5) is 18.9 Å². The molecule has 4 aromatic rings. The number of ether oxygens (including phenoxy) is 1. The second kappa shape index (κ2) is 10.1. The van der Waals surface area contributed by atoms with E-state index in [0.29, 0.717) is 0 Å². The Bertz CT molecular complexity index is 1660. The lowest BCUT2D eigenvalue weighted by atomic mass is 10.1. The predicted molar refractivity (Wildman–Crippen MR) is 129 cm³/mol. The van der Waals surface area contributed by atoms with Crippen LogP contribution in [-0.2, 0) is 6.18 Å². The van der Waals surface area contributed by atoms with Crippen LogP contribution in [0.3, 0.4) is 0 Å². The Labute approximate surface area is 210 Å². The van der Waals surface area contributed by atoms with Crippen LogP contribution in [0.5, 0.6) is 5.75 Å². The summed E-state index contributed by atoms with van der Waals surface area (Å²) >= 11 is 6.10. The second-order valence-corrected chi connectivity index (χ2v) is 7.85. The molecule has 4 rings (SSSR count). The molecule has 3 aromatic carbocycles. The minimum absolute atomic E-state index is 0.0286. The number of nitro benzene ring substituents is 1. The van der Waals surface area contributed by atoms with Crippen molar-refractivity contribution >= 4 is 34.4 Å². The van der Waals surface area contributed by atoms with Gasteiger partial charge in [-0.15, -0.1) is 0 Å². The molecule has 37 heavy (non-hydrogen) atoms. The zero-order valence-electron chi connectivity index (χ0n) is 18.4. The van der Waals surface area contributed by atoms with Gasteiger partial charge in [-0.25, -0.2) is 4.98 Å². The zero-order valence-corrected chi connectivity index (χ0v) is 19.2. The molecule has 0 saturated heterocycles. The fourth-order valence-electron chi connectivity index (χ4n) is 3.43. The molecule has 0 unspecified atom stereocenters. The Kier molecular flexibility index (Phi) is 6.90. The number of nitriles is 1. The highest BCUT2D eigenvalue weighted by molar-refractivity contribution is 6.32. The van der Waals surface area contributed by atoms with Gasteiger partial charge in [-0.05, 0) is 30.3 Å². The first-order valence-electron chi connectivity index (χ1n) is 10.3. The lowest BCUT2D eigenvalue weighted by Crippen LogP contribution is -2.20. The number of nitro groups is 1. The summed E-state index contributed by atoms with van der Waals surface area (Å²) in [5.41, 5.74) is -1.88. The number of para-hydroxylation sites is 1. The maximum Gasteiger partial charge on any atom is 0.416 e. The van der Waals surface area contributed by atoms with E-state index < -0.39 is 34.5 Å². The first-order chi connectivity index (χ1) is 17.6. The van der Waals surface area contributed by atoms with Gasteiger partial charge in [0.1, 0.15) is 6.07 Å². The van der Waals surface area contributed by atoms with Gasteiger partial charge in [0, 0.05) is 17.2 Å². The van der Waals surface area contributed by atoms with Gasteiger partial charge in [-0.2, -0.15) is 28.2 Å². The fraction of sp³-hybridized carbons (Fsp3) is 0.0833. The van der Waals surface area contributed by atoms with Gasteiger partial charge in [0.05, 0.1) is 32.6 Å². The lowest BCUT2D eigenvalue weighted by Gasteiger charge is -2.12. The number of benzene rings is 3. The Balaban J connectivity index is 1.90. The van der Waals surface area contributed by atoms with Crippen LogP contribution in [0, 0.1) is 21.4 Å². The fourth-order valence-corrected chi connectivity index (χ4v) is 3.71. The van der Waals surface area contributed by atoms with E-state index in [1.54, 1.807) is 18.2 Å². The molecular weight excluding hydrogens is 515 g/mol. The maximum absolute atomic E-state index is 13.3. The Morgan fingerprint density at radius 3 is 2.65 bits per heavy atom. The average Bonchev–Trinajstić information content (AvgIpc) is 2.86. The average molecular weight is 528 g/mol. The molecule has 1 aromatic heterocycles. The normalized spacial score (nSPS) is 11.5. The van der Waals surface area contributed by atoms with Gasteiger partial charge in [0.2, 0.25) is 5.75 Å². The number of fused-ring (bicyclic) bond motifs is 1. The summed E-state index contributed by atoms with van der Waals surface area (Å²) in [5.74, 6) is -0.500. The van der Waals surface area contributed by atoms with E-state index in [1.165, 1.54) is 30.3 Å². The van der Waals surface area contributed by atoms with Crippen molar-refractivity contribution in [2.45, 2.75) is 6.18 Å². The molecule has 9 nitrogen and oxygen atoms in total. The highest BCUT2D eigenvalue weighted by Gasteiger charge is 2.31. The highest BCUT2D eigenvalue weighted by atomic mass is 35.5. The summed E-state index contributed by atoms with van der Waals surface area (Å²) in [5, 5.41) is 24.2. The number of aromatic nitrogens is 2. The van der Waals surface area contributed by atoms with E-state index in [1.807, 2.05) is 0 Å². The van der Waals surface area contributed by atoms with Gasteiger partial charge in [0.25, 0.3) is 5.56 Å². The molecule has 0 atom stereocenters. The first kappa shape index (κ1) is 25.3. The van der Waals surface area contributed by atoms with E-state index in [-0.39, 0.29) is 38.6 Å². The molecule has 0 aliphatic rings. The predicted octanol–water partition coefficient (Wildman–Crippen LogP) is 5.43. The number of hydrogen-bond acceptors (Lipinski definition) is 7. The second-order valence-electron chi connectivity index (χ2n) is 7.45. The number of nitrogens with zero attached hydrogens (tertiary/aromatic N) is 5. The topological polar surface area (TPSA) is 123 Å². The molecular formula is C24H13ClF3N5O4. The van der Waals surface area contributed by atoms with Crippen molar-refractivity contribution < 1.29 is 22.8 Å². The van der Waals surface area contributed by atoms with Crippen molar-refractivity contribution in [1.82, 2.24) is 9.66 Å². The minimum Gasteiger partial charge on any atom is -0.470 e. The maximum atomic E-state index is 13.3. The van der Waals surface area contributed by atoms with E-state index in [0.717, 1.165) is 29.1 Å². The zero-order chi connectivity index (χ0) is 26.7. The summed E-state index contributed by atoms with van der Waals surface area (Å²) in [6.45, 7) is -0.480. The van der Waals surface area contributed by atoms with Gasteiger partial charge >= 0.3 is 11.9 Å². The van der Waals surface area contributed by atoms with Gasteiger partial charge in [-0.1, -0.05) is 35.9 Å². The standard InChI is InChI=1S/C24H13ClF3N5O4/c25-18-10-14(11-20(33(35)36)21(18)37-9-8-29)13-30-32-22(15-4-3-5-16(12-15)24(26,27)28)31-19-7-2-1-6-17(19)23(32)34/h1-7,10-13H,9H2. The number of hydrogen-bond donors (Lipinski definition) is 0. The molecule has 0 fully saturated rings. The van der Waals surface area contributed by atoms with Crippen molar-refractivity contribution in [3.63, 3.8) is 0 Å². The Morgan fingerprint density at radius 2 is 1.95 bits per heavy atom. The van der Waals surface area contributed by atoms with Gasteiger partial charge in [-0.3, -0.25) is 14.9 Å². The third-order valence-electron chi connectivity index (χ3n) is 5.05. The van der Waals surface area contributed by atoms with Crippen LogP contribution in [0.2, 0.25) is 5.02 Å². The van der Waals surface area contributed by atoms with Crippen LogP contribution < -0.4 is 10.3 Å². The third kappa shape index (κ3) is 5.26. The van der Waals surface area contributed by atoms with Crippen molar-refractivity contribution in [2.75, 3.05) is 6.61 Å². The summed E-state index contributed by atoms with van der Waals surface area (Å²) in [6.07, 6.45) is -3.56. The molecule has 1 heterocycles. The molecule has 0 aliphatic heterocycles. The molecule has 13 heteroatoms. The van der Waals surface area contributed by atoms with Crippen molar-refractivity contribution in [3.05, 3.63) is 97.3 Å². The van der Waals surface area contributed by atoms with Crippen LogP contribution in [0.15, 0.2) is 70.6 Å². The van der Waals surface area contributed by atoms with Gasteiger partial charge in [0.15, 0.2) is 12.4 Å². The number of rotatable bonds is 6. The van der Waals surface area contributed by atoms with Crippen LogP contribution >= 0.6 is 11.6 Å². The highest BCUT2D eigenvalue weighted by Crippen LogP contribution is 2.36. The van der Waals surface area contributed by atoms with Crippen LogP contribution in [0.25, 0.3) is 22.3 Å². The Morgan fingerprint density at radius 1 is 1.19 bits per heavy atom. The van der Waals surface area contributed by atoms with E-state index in [9.17, 15) is 28.1 Å². The van der Waals surface area contributed by atoms with Crippen LogP contribution in [0.1, 0.15) is 11.1 Å². The minimum atomic E-state index is -4.63. The van der Waals surface area contributed by atoms with Crippen molar-refractivity contribution in [3.8, 4) is 23.2 Å². The lowest BCUT2D eigenvalue weighted by molar-refractivity contribution is -0.385.